The first kappa shape index (κ1) is 33.4. The molecular formula is C28H33F3N6O7S. The van der Waals surface area contributed by atoms with Gasteiger partial charge in [0.15, 0.2) is 10.8 Å². The number of nitrogens with zero attached hydrogens (tertiary/aromatic N) is 4. The Kier molecular flexibility index (Phi) is 9.82. The smallest absolute Gasteiger partial charge is 0.490 e. The molecule has 0 aliphatic carbocycles. The van der Waals surface area contributed by atoms with Gasteiger partial charge < -0.3 is 24.5 Å². The van der Waals surface area contributed by atoms with Gasteiger partial charge in [-0.25, -0.2) is 14.6 Å². The van der Waals surface area contributed by atoms with Crippen LogP contribution in [-0.2, 0) is 36.0 Å². The number of fused-ring (bicyclic) bond motifs is 1. The number of ether oxygens (including phenoxy) is 2. The molecule has 0 saturated carbocycles. The molecule has 0 spiro atoms. The largest absolute Gasteiger partial charge is 0.493 e. The molecule has 0 radical (unpaired) electrons. The lowest BCUT2D eigenvalue weighted by Crippen LogP contribution is -2.30. The predicted octanol–water partition coefficient (Wildman–Crippen LogP) is 3.52. The number of anilines is 1. The number of halogens is 3. The summed E-state index contributed by atoms with van der Waals surface area (Å²) in [7, 11) is 0.985. The van der Waals surface area contributed by atoms with E-state index in [1.807, 2.05) is 12.1 Å². The fraction of sp³-hybridized carbons (Fsp3) is 0.393. The second kappa shape index (κ2) is 13.2. The molecule has 45 heavy (non-hydrogen) atoms. The third kappa shape index (κ3) is 7.96. The van der Waals surface area contributed by atoms with Crippen LogP contribution >= 0.6 is 0 Å². The summed E-state index contributed by atoms with van der Waals surface area (Å²) in [5.74, 6) is -0.316. The molecule has 1 saturated heterocycles. The molecule has 1 aliphatic rings. The Morgan fingerprint density at radius 2 is 1.69 bits per heavy atom. The number of carboxylic acid groups (broad SMARTS) is 1. The third-order valence-corrected chi connectivity index (χ3v) is 8.44. The summed E-state index contributed by atoms with van der Waals surface area (Å²) < 4.78 is 77.6. The first-order chi connectivity index (χ1) is 21.1. The Morgan fingerprint density at radius 1 is 1.09 bits per heavy atom. The second-order valence-electron chi connectivity index (χ2n) is 10.5. The van der Waals surface area contributed by atoms with Crippen molar-refractivity contribution in [2.45, 2.75) is 31.0 Å². The monoisotopic (exact) mass is 654 g/mol. The number of carboxylic acids is 1. The van der Waals surface area contributed by atoms with E-state index in [0.717, 1.165) is 25.9 Å². The van der Waals surface area contributed by atoms with Gasteiger partial charge in [0, 0.05) is 39.5 Å². The molecule has 0 atom stereocenters. The van der Waals surface area contributed by atoms with Gasteiger partial charge in [-0.1, -0.05) is 6.07 Å². The molecule has 17 heteroatoms. The van der Waals surface area contributed by atoms with Crippen molar-refractivity contribution < 1.29 is 41.0 Å². The highest BCUT2D eigenvalue weighted by Gasteiger charge is 2.38. The highest BCUT2D eigenvalue weighted by Crippen LogP contribution is 2.36. The van der Waals surface area contributed by atoms with Crippen LogP contribution in [0, 0.1) is 12.8 Å². The molecule has 13 nitrogen and oxygen atoms in total. The molecule has 3 N–H and O–H groups in total. The summed E-state index contributed by atoms with van der Waals surface area (Å²) in [4.78, 5) is 25.6. The van der Waals surface area contributed by atoms with Gasteiger partial charge >= 0.3 is 17.8 Å². The summed E-state index contributed by atoms with van der Waals surface area (Å²) in [6.45, 7) is 4.34. The first-order valence-electron chi connectivity index (χ1n) is 13.7. The fourth-order valence-corrected chi connectivity index (χ4v) is 5.66. The molecule has 4 aromatic rings. The lowest BCUT2D eigenvalue weighted by molar-refractivity contribution is -0.192. The van der Waals surface area contributed by atoms with Gasteiger partial charge in [-0.2, -0.15) is 21.6 Å². The number of benzene rings is 2. The van der Waals surface area contributed by atoms with E-state index in [-0.39, 0.29) is 22.2 Å². The Labute approximate surface area is 256 Å². The van der Waals surface area contributed by atoms with Gasteiger partial charge in [0.25, 0.3) is 10.0 Å². The van der Waals surface area contributed by atoms with E-state index < -0.39 is 22.2 Å². The molecule has 0 unspecified atom stereocenters. The van der Waals surface area contributed by atoms with E-state index in [4.69, 9.17) is 19.4 Å². The van der Waals surface area contributed by atoms with Crippen LogP contribution in [0.4, 0.5) is 18.9 Å². The Bertz CT molecular complexity index is 1840. The number of aromatic nitrogens is 4. The van der Waals surface area contributed by atoms with Crippen molar-refractivity contribution in [3.05, 3.63) is 58.9 Å². The number of aryl methyl sites for hydroxylation is 4. The number of hydrogen-bond donors (Lipinski definition) is 3. The van der Waals surface area contributed by atoms with Crippen molar-refractivity contribution in [1.82, 2.24) is 24.0 Å². The highest BCUT2D eigenvalue weighted by molar-refractivity contribution is 7.92. The Balaban J connectivity index is 0.000000591. The van der Waals surface area contributed by atoms with Crippen LogP contribution in [0.3, 0.4) is 0 Å². The predicted molar refractivity (Wildman–Crippen MR) is 158 cm³/mol. The maximum atomic E-state index is 13.2. The molecule has 1 fully saturated rings. The minimum absolute atomic E-state index is 0.112. The average Bonchev–Trinajstić information content (AvgIpc) is 3.43. The quantitative estimate of drug-likeness (QED) is 0.259. The lowest BCUT2D eigenvalue weighted by atomic mass is 9.99. The molecular weight excluding hydrogens is 621 g/mol. The topological polar surface area (TPSA) is 159 Å². The van der Waals surface area contributed by atoms with Crippen LogP contribution in [0.15, 0.2) is 52.4 Å². The maximum Gasteiger partial charge on any atom is 0.490 e. The van der Waals surface area contributed by atoms with E-state index >= 15 is 0 Å². The molecule has 0 amide bonds. The van der Waals surface area contributed by atoms with E-state index in [1.54, 1.807) is 56.9 Å². The van der Waals surface area contributed by atoms with Crippen LogP contribution in [0.1, 0.15) is 18.7 Å². The maximum absolute atomic E-state index is 13.2. The van der Waals surface area contributed by atoms with Crippen molar-refractivity contribution in [3.8, 4) is 17.2 Å². The number of hydrogen-bond acceptors (Lipinski definition) is 8. The molecule has 5 rings (SSSR count). The van der Waals surface area contributed by atoms with Crippen molar-refractivity contribution in [3.63, 3.8) is 0 Å². The summed E-state index contributed by atoms with van der Waals surface area (Å²) in [6, 6.07) is 10.5. The normalized spacial score (nSPS) is 14.1. The van der Waals surface area contributed by atoms with Gasteiger partial charge in [-0.3, -0.25) is 13.9 Å². The lowest BCUT2D eigenvalue weighted by Gasteiger charge is -2.22. The van der Waals surface area contributed by atoms with E-state index in [2.05, 4.69) is 15.0 Å². The van der Waals surface area contributed by atoms with Crippen LogP contribution in [-0.4, -0.2) is 64.1 Å². The van der Waals surface area contributed by atoms with Crippen molar-refractivity contribution in [2.24, 2.45) is 27.1 Å². The minimum atomic E-state index is -5.08. The number of piperidine rings is 1. The third-order valence-electron chi connectivity index (χ3n) is 7.20. The van der Waals surface area contributed by atoms with E-state index in [9.17, 15) is 26.4 Å². The second-order valence-corrected chi connectivity index (χ2v) is 12.1. The zero-order valence-corrected chi connectivity index (χ0v) is 25.7. The Morgan fingerprint density at radius 3 is 2.27 bits per heavy atom. The number of carbonyl (C=O) groups is 1. The first-order valence-corrected chi connectivity index (χ1v) is 15.2. The highest BCUT2D eigenvalue weighted by atomic mass is 32.2. The van der Waals surface area contributed by atoms with Crippen molar-refractivity contribution in [1.29, 1.82) is 0 Å². The van der Waals surface area contributed by atoms with Gasteiger partial charge in [-0.05, 0) is 57.0 Å². The zero-order valence-electron chi connectivity index (χ0n) is 24.9. The fourth-order valence-electron chi connectivity index (χ4n) is 4.56. The van der Waals surface area contributed by atoms with Gasteiger partial charge in [0.2, 0.25) is 0 Å². The zero-order chi connectivity index (χ0) is 33.1. The van der Waals surface area contributed by atoms with Crippen LogP contribution in [0.2, 0.25) is 0 Å². The minimum Gasteiger partial charge on any atom is -0.493 e. The molecule has 1 aliphatic heterocycles. The average molecular weight is 655 g/mol. The number of aliphatic carboxylic acids is 1. The van der Waals surface area contributed by atoms with Gasteiger partial charge in [-0.15, -0.1) is 0 Å². The van der Waals surface area contributed by atoms with Crippen molar-refractivity contribution in [2.75, 3.05) is 24.4 Å². The van der Waals surface area contributed by atoms with E-state index in [1.165, 1.54) is 15.3 Å². The number of alkyl halides is 3. The van der Waals surface area contributed by atoms with Gasteiger partial charge in [0.1, 0.15) is 17.3 Å². The number of sulfonamides is 1. The molecule has 3 heterocycles. The Hall–Kier alpha value is -4.51. The van der Waals surface area contributed by atoms with Crippen LogP contribution in [0.25, 0.3) is 11.0 Å². The molecule has 0 bridgehead atoms. The van der Waals surface area contributed by atoms with Crippen LogP contribution in [0.5, 0.6) is 17.2 Å². The molecule has 2 aromatic heterocycles. The summed E-state index contributed by atoms with van der Waals surface area (Å²) in [6.07, 6.45) is -1.49. The summed E-state index contributed by atoms with van der Waals surface area (Å²) in [5, 5.41) is 10.4. The standard InChI is InChI=1S/C26H32N6O5S.C2HF3O2/c1-17-28-25(15-30(17)2)38(34,35)29-21-13-22-23(32(4)26(33)31(22)3)14-24(21)37-20-7-5-6-19(12-20)36-16-18-8-10-27-11-9-18;3-2(4,5)1(6)7/h5-7,12-15,18,27,29H,8-11,16H2,1-4H3;(H,6,7). The summed E-state index contributed by atoms with van der Waals surface area (Å²) in [5.41, 5.74) is 1.10. The van der Waals surface area contributed by atoms with E-state index in [0.29, 0.717) is 40.9 Å². The summed E-state index contributed by atoms with van der Waals surface area (Å²) >= 11 is 0. The SMILES string of the molecule is Cc1nc(S(=O)(=O)Nc2cc3c(cc2Oc2cccc(OCC4CCNCC4)c2)n(C)c(=O)n3C)cn1C.O=C(O)C(F)(F)F. The molecule has 2 aromatic carbocycles. The number of rotatable bonds is 8. The van der Waals surface area contributed by atoms with Gasteiger partial charge in [0.05, 0.1) is 23.3 Å². The number of imidazole rings is 2. The number of nitrogens with one attached hydrogen (secondary N) is 2. The van der Waals surface area contributed by atoms with Crippen molar-refractivity contribution >= 4 is 32.7 Å². The van der Waals surface area contributed by atoms with Crippen LogP contribution < -0.4 is 25.2 Å². The molecule has 244 valence electrons.